The Bertz CT molecular complexity index is 1000. The van der Waals surface area contributed by atoms with Gasteiger partial charge in [0.2, 0.25) is 0 Å². The van der Waals surface area contributed by atoms with E-state index in [0.717, 1.165) is 22.2 Å². The van der Waals surface area contributed by atoms with E-state index >= 15 is 0 Å². The molecule has 0 spiro atoms. The maximum atomic E-state index is 12.4. The normalized spacial score (nSPS) is 11.5. The molecule has 6 nitrogen and oxygen atoms in total. The number of furan rings is 1. The van der Waals surface area contributed by atoms with E-state index in [2.05, 4.69) is 10.5 Å². The molecule has 2 aromatic carbocycles. The Kier molecular flexibility index (Phi) is 5.45. The highest BCUT2D eigenvalue weighted by Gasteiger charge is 2.17. The third-order valence-corrected chi connectivity index (χ3v) is 4.31. The summed E-state index contributed by atoms with van der Waals surface area (Å²) in [6, 6.07) is 13.2. The van der Waals surface area contributed by atoms with Crippen molar-refractivity contribution in [2.24, 2.45) is 5.10 Å². The van der Waals surface area contributed by atoms with Gasteiger partial charge in [-0.1, -0.05) is 24.3 Å². The summed E-state index contributed by atoms with van der Waals surface area (Å²) in [5.74, 6) is 1.24. The van der Waals surface area contributed by atoms with Gasteiger partial charge in [-0.2, -0.15) is 5.10 Å². The molecule has 1 aromatic heterocycles. The molecule has 0 atom stereocenters. The number of hydrogen-bond acceptors (Lipinski definition) is 5. The van der Waals surface area contributed by atoms with E-state index in [9.17, 15) is 4.79 Å². The molecule has 27 heavy (non-hydrogen) atoms. The van der Waals surface area contributed by atoms with Crippen LogP contribution in [-0.2, 0) is 6.42 Å². The van der Waals surface area contributed by atoms with Crippen molar-refractivity contribution in [2.45, 2.75) is 20.3 Å². The van der Waals surface area contributed by atoms with Crippen molar-refractivity contribution in [1.29, 1.82) is 0 Å². The van der Waals surface area contributed by atoms with Crippen molar-refractivity contribution in [3.8, 4) is 11.5 Å². The molecule has 3 aromatic rings. The van der Waals surface area contributed by atoms with Crippen LogP contribution in [0.2, 0.25) is 0 Å². The van der Waals surface area contributed by atoms with Crippen LogP contribution in [-0.4, -0.2) is 25.8 Å². The zero-order chi connectivity index (χ0) is 19.4. The summed E-state index contributed by atoms with van der Waals surface area (Å²) in [6.45, 7) is 3.71. The first-order valence-corrected chi connectivity index (χ1v) is 8.56. The second-order valence-electron chi connectivity index (χ2n) is 6.21. The van der Waals surface area contributed by atoms with Crippen molar-refractivity contribution < 1.29 is 18.7 Å². The number of rotatable bonds is 6. The van der Waals surface area contributed by atoms with Gasteiger partial charge in [0.25, 0.3) is 0 Å². The molecule has 0 aliphatic carbocycles. The molecule has 1 heterocycles. The standard InChI is InChI=1S/C21H22N2O4/c1-13(11-15-9-10-18(25-3)19(12-15)26-4)22-23-21(24)20-14(2)16-7-5-6-8-17(16)27-20/h5-10,12H,11H2,1-4H3,(H,23,24)/b22-13-. The minimum atomic E-state index is -0.365. The van der Waals surface area contributed by atoms with Gasteiger partial charge in [0.05, 0.1) is 14.2 Å². The number of para-hydroxylation sites is 1. The van der Waals surface area contributed by atoms with E-state index in [1.54, 1.807) is 14.2 Å². The van der Waals surface area contributed by atoms with Crippen LogP contribution in [0, 0.1) is 6.92 Å². The van der Waals surface area contributed by atoms with E-state index in [1.165, 1.54) is 0 Å². The molecule has 1 amide bonds. The van der Waals surface area contributed by atoms with Gasteiger partial charge >= 0.3 is 5.91 Å². The zero-order valence-electron chi connectivity index (χ0n) is 15.8. The van der Waals surface area contributed by atoms with Crippen LogP contribution in [0.25, 0.3) is 11.0 Å². The Morgan fingerprint density at radius 1 is 1.11 bits per heavy atom. The van der Waals surface area contributed by atoms with Crippen LogP contribution in [0.4, 0.5) is 0 Å². The summed E-state index contributed by atoms with van der Waals surface area (Å²) in [5.41, 5.74) is 5.82. The summed E-state index contributed by atoms with van der Waals surface area (Å²) in [5, 5.41) is 5.11. The van der Waals surface area contributed by atoms with Crippen LogP contribution in [0.3, 0.4) is 0 Å². The van der Waals surface area contributed by atoms with Gasteiger partial charge in [0, 0.05) is 23.1 Å². The number of carbonyl (C=O) groups is 1. The zero-order valence-corrected chi connectivity index (χ0v) is 15.8. The van der Waals surface area contributed by atoms with Gasteiger partial charge in [-0.05, 0) is 37.6 Å². The van der Waals surface area contributed by atoms with E-state index < -0.39 is 0 Å². The molecule has 0 saturated carbocycles. The van der Waals surface area contributed by atoms with Crippen LogP contribution >= 0.6 is 0 Å². The van der Waals surface area contributed by atoms with E-state index in [0.29, 0.717) is 23.5 Å². The summed E-state index contributed by atoms with van der Waals surface area (Å²) in [6.07, 6.45) is 0.569. The number of nitrogens with zero attached hydrogens (tertiary/aromatic N) is 1. The molecule has 0 aliphatic heterocycles. The largest absolute Gasteiger partial charge is 0.493 e. The van der Waals surface area contributed by atoms with Crippen LogP contribution in [0.15, 0.2) is 52.0 Å². The highest BCUT2D eigenvalue weighted by molar-refractivity contribution is 5.99. The number of carbonyl (C=O) groups excluding carboxylic acids is 1. The van der Waals surface area contributed by atoms with Gasteiger partial charge in [-0.25, -0.2) is 5.43 Å². The molecule has 0 aliphatic rings. The molecular formula is C21H22N2O4. The molecule has 3 rings (SSSR count). The highest BCUT2D eigenvalue weighted by Crippen LogP contribution is 2.28. The maximum absolute atomic E-state index is 12.4. The van der Waals surface area contributed by atoms with E-state index in [1.807, 2.05) is 56.3 Å². The lowest BCUT2D eigenvalue weighted by Crippen LogP contribution is -2.19. The fraction of sp³-hybridized carbons (Fsp3) is 0.238. The minimum absolute atomic E-state index is 0.277. The average Bonchev–Trinajstić information content (AvgIpc) is 3.03. The van der Waals surface area contributed by atoms with Crippen LogP contribution in [0.1, 0.15) is 28.6 Å². The third kappa shape index (κ3) is 3.95. The maximum Gasteiger partial charge on any atom is 0.307 e. The minimum Gasteiger partial charge on any atom is -0.493 e. The smallest absolute Gasteiger partial charge is 0.307 e. The Morgan fingerprint density at radius 2 is 1.85 bits per heavy atom. The Morgan fingerprint density at radius 3 is 2.56 bits per heavy atom. The lowest BCUT2D eigenvalue weighted by Gasteiger charge is -2.09. The van der Waals surface area contributed by atoms with Crippen molar-refractivity contribution in [1.82, 2.24) is 5.43 Å². The predicted octanol–water partition coefficient (Wildman–Crippen LogP) is 4.11. The molecule has 0 fully saturated rings. The number of nitrogens with one attached hydrogen (secondary N) is 1. The van der Waals surface area contributed by atoms with E-state index in [4.69, 9.17) is 13.9 Å². The first-order valence-electron chi connectivity index (χ1n) is 8.56. The molecule has 140 valence electrons. The van der Waals surface area contributed by atoms with Gasteiger partial charge in [-0.3, -0.25) is 4.79 Å². The molecule has 0 saturated heterocycles. The summed E-state index contributed by atoms with van der Waals surface area (Å²) < 4.78 is 16.2. The first kappa shape index (κ1) is 18.5. The molecule has 0 bridgehead atoms. The summed E-state index contributed by atoms with van der Waals surface area (Å²) >= 11 is 0. The Labute approximate surface area is 157 Å². The van der Waals surface area contributed by atoms with Crippen molar-refractivity contribution in [3.05, 3.63) is 59.4 Å². The summed E-state index contributed by atoms with van der Waals surface area (Å²) in [7, 11) is 3.19. The quantitative estimate of drug-likeness (QED) is 0.526. The average molecular weight is 366 g/mol. The SMILES string of the molecule is COc1ccc(C/C(C)=N\NC(=O)c2oc3ccccc3c2C)cc1OC. The van der Waals surface area contributed by atoms with Gasteiger partial charge in [-0.15, -0.1) is 0 Å². The van der Waals surface area contributed by atoms with Crippen LogP contribution < -0.4 is 14.9 Å². The number of hydrogen-bond donors (Lipinski definition) is 1. The van der Waals surface area contributed by atoms with Gasteiger partial charge in [0.15, 0.2) is 17.3 Å². The second kappa shape index (κ2) is 7.95. The molecule has 0 unspecified atom stereocenters. The number of hydrazone groups is 1. The number of benzene rings is 2. The van der Waals surface area contributed by atoms with E-state index in [-0.39, 0.29) is 11.7 Å². The van der Waals surface area contributed by atoms with Crippen LogP contribution in [0.5, 0.6) is 11.5 Å². The molecular weight excluding hydrogens is 344 g/mol. The molecule has 6 heteroatoms. The lowest BCUT2D eigenvalue weighted by atomic mass is 10.1. The second-order valence-corrected chi connectivity index (χ2v) is 6.21. The van der Waals surface area contributed by atoms with Crippen molar-refractivity contribution in [3.63, 3.8) is 0 Å². The van der Waals surface area contributed by atoms with Crippen molar-refractivity contribution >= 4 is 22.6 Å². The number of aryl methyl sites for hydroxylation is 1. The number of methoxy groups -OCH3 is 2. The number of amides is 1. The van der Waals surface area contributed by atoms with Crippen molar-refractivity contribution in [2.75, 3.05) is 14.2 Å². The molecule has 0 radical (unpaired) electrons. The third-order valence-electron chi connectivity index (χ3n) is 4.31. The first-order chi connectivity index (χ1) is 13.0. The number of ether oxygens (including phenoxy) is 2. The summed E-state index contributed by atoms with van der Waals surface area (Å²) in [4.78, 5) is 12.4. The van der Waals surface area contributed by atoms with Gasteiger partial charge in [0.1, 0.15) is 5.58 Å². The Balaban J connectivity index is 1.71. The fourth-order valence-electron chi connectivity index (χ4n) is 2.91. The lowest BCUT2D eigenvalue weighted by molar-refractivity contribution is 0.0928. The fourth-order valence-corrected chi connectivity index (χ4v) is 2.91. The molecule has 1 N–H and O–H groups in total. The monoisotopic (exact) mass is 366 g/mol. The number of fused-ring (bicyclic) bond motifs is 1. The Hall–Kier alpha value is -3.28. The highest BCUT2D eigenvalue weighted by atomic mass is 16.5. The predicted molar refractivity (Wildman–Crippen MR) is 105 cm³/mol. The topological polar surface area (TPSA) is 73.1 Å². The van der Waals surface area contributed by atoms with Gasteiger partial charge < -0.3 is 13.9 Å².